The van der Waals surface area contributed by atoms with Gasteiger partial charge >= 0.3 is 0 Å². The molecule has 1 unspecified atom stereocenters. The van der Waals surface area contributed by atoms with Crippen LogP contribution in [0.2, 0.25) is 5.02 Å². The number of likely N-dealkylation sites (N-methyl/N-ethyl adjacent to an activating group) is 1. The van der Waals surface area contributed by atoms with E-state index in [1.165, 1.54) is 25.0 Å². The van der Waals surface area contributed by atoms with Crippen molar-refractivity contribution in [3.05, 3.63) is 34.6 Å². The first-order valence-electron chi connectivity index (χ1n) is 6.82. The number of rotatable bonds is 4. The molecule has 19 heavy (non-hydrogen) atoms. The first kappa shape index (κ1) is 14.8. The molecule has 106 valence electrons. The lowest BCUT2D eigenvalue weighted by Gasteiger charge is -2.41. The number of nitrogens with zero attached hydrogens (tertiary/aromatic N) is 1. The Labute approximate surface area is 119 Å². The van der Waals surface area contributed by atoms with Crippen LogP contribution >= 0.6 is 11.6 Å². The van der Waals surface area contributed by atoms with Gasteiger partial charge in [0, 0.05) is 16.6 Å². The molecule has 0 amide bonds. The third-order valence-electron chi connectivity index (χ3n) is 4.51. The molecule has 0 aliphatic heterocycles. The maximum absolute atomic E-state index is 13.1. The minimum absolute atomic E-state index is 0.0213. The molecule has 1 atom stereocenters. The van der Waals surface area contributed by atoms with Gasteiger partial charge in [-0.1, -0.05) is 30.5 Å². The molecule has 1 fully saturated rings. The summed E-state index contributed by atoms with van der Waals surface area (Å²) in [5.74, 6) is -0.300. The van der Waals surface area contributed by atoms with Crippen molar-refractivity contribution in [2.75, 3.05) is 14.1 Å². The van der Waals surface area contributed by atoms with Gasteiger partial charge in [0.05, 0.1) is 0 Å². The van der Waals surface area contributed by atoms with E-state index in [-0.39, 0.29) is 17.4 Å². The van der Waals surface area contributed by atoms with Crippen molar-refractivity contribution >= 4 is 11.6 Å². The smallest absolute Gasteiger partial charge is 0.124 e. The molecule has 2 rings (SSSR count). The van der Waals surface area contributed by atoms with Gasteiger partial charge in [0.25, 0.3) is 0 Å². The summed E-state index contributed by atoms with van der Waals surface area (Å²) in [6.45, 7) is 0. The molecule has 1 aromatic carbocycles. The van der Waals surface area contributed by atoms with E-state index in [1.54, 1.807) is 6.07 Å². The summed E-state index contributed by atoms with van der Waals surface area (Å²) in [6, 6.07) is 4.58. The maximum atomic E-state index is 13.1. The highest BCUT2D eigenvalue weighted by atomic mass is 35.5. The summed E-state index contributed by atoms with van der Waals surface area (Å²) >= 11 is 6.10. The van der Waals surface area contributed by atoms with Crippen LogP contribution in [0.3, 0.4) is 0 Å². The lowest BCUT2D eigenvalue weighted by Crippen LogP contribution is -2.56. The highest BCUT2D eigenvalue weighted by Crippen LogP contribution is 2.37. The van der Waals surface area contributed by atoms with Crippen molar-refractivity contribution in [2.24, 2.45) is 5.73 Å². The van der Waals surface area contributed by atoms with E-state index in [2.05, 4.69) is 19.0 Å². The van der Waals surface area contributed by atoms with Gasteiger partial charge in [-0.05, 0) is 51.1 Å². The van der Waals surface area contributed by atoms with Crippen LogP contribution in [-0.2, 0) is 6.42 Å². The number of hydrogen-bond acceptors (Lipinski definition) is 2. The van der Waals surface area contributed by atoms with E-state index in [0.29, 0.717) is 11.4 Å². The molecule has 2 N–H and O–H groups in total. The van der Waals surface area contributed by atoms with Crippen LogP contribution in [0.1, 0.15) is 31.2 Å². The van der Waals surface area contributed by atoms with Crippen molar-refractivity contribution in [1.82, 2.24) is 4.90 Å². The monoisotopic (exact) mass is 284 g/mol. The Morgan fingerprint density at radius 2 is 2.00 bits per heavy atom. The van der Waals surface area contributed by atoms with Crippen molar-refractivity contribution < 1.29 is 4.39 Å². The average molecular weight is 285 g/mol. The van der Waals surface area contributed by atoms with Crippen molar-refractivity contribution in [2.45, 2.75) is 43.7 Å². The van der Waals surface area contributed by atoms with E-state index < -0.39 is 0 Å². The van der Waals surface area contributed by atoms with Crippen LogP contribution in [0, 0.1) is 5.82 Å². The normalized spacial score (nSPS) is 19.9. The summed E-state index contributed by atoms with van der Waals surface area (Å²) in [4.78, 5) is 2.25. The van der Waals surface area contributed by atoms with Crippen LogP contribution in [0.5, 0.6) is 0 Å². The van der Waals surface area contributed by atoms with Crippen LogP contribution in [0.25, 0.3) is 0 Å². The standard InChI is InChI=1S/C15H22ClFN2/c1-19(2)15(7-3-4-8-15)14(18)9-11-5-6-12(17)10-13(11)16/h5-6,10,14H,3-4,7-9,18H2,1-2H3. The Balaban J connectivity index is 2.17. The first-order chi connectivity index (χ1) is 8.95. The van der Waals surface area contributed by atoms with E-state index in [1.807, 2.05) is 0 Å². The van der Waals surface area contributed by atoms with Gasteiger partial charge in [-0.3, -0.25) is 0 Å². The molecule has 0 heterocycles. The fourth-order valence-electron chi connectivity index (χ4n) is 3.25. The molecular weight excluding hydrogens is 263 g/mol. The highest BCUT2D eigenvalue weighted by molar-refractivity contribution is 6.31. The number of halogens is 2. The lowest BCUT2D eigenvalue weighted by atomic mass is 9.83. The van der Waals surface area contributed by atoms with E-state index in [0.717, 1.165) is 18.4 Å². The fourth-order valence-corrected chi connectivity index (χ4v) is 3.50. The third-order valence-corrected chi connectivity index (χ3v) is 4.86. The number of nitrogens with two attached hydrogens (primary N) is 1. The molecule has 1 aromatic rings. The van der Waals surface area contributed by atoms with Crippen LogP contribution in [-0.4, -0.2) is 30.6 Å². The third kappa shape index (κ3) is 2.93. The molecule has 0 bridgehead atoms. The molecule has 2 nitrogen and oxygen atoms in total. The molecule has 0 saturated heterocycles. The minimum atomic E-state index is -0.300. The summed E-state index contributed by atoms with van der Waals surface area (Å²) in [5.41, 5.74) is 7.45. The van der Waals surface area contributed by atoms with Crippen LogP contribution in [0.4, 0.5) is 4.39 Å². The molecule has 1 saturated carbocycles. The molecule has 4 heteroatoms. The second kappa shape index (κ2) is 5.78. The van der Waals surface area contributed by atoms with Gasteiger partial charge in [-0.15, -0.1) is 0 Å². The molecule has 0 spiro atoms. The van der Waals surface area contributed by atoms with Crippen molar-refractivity contribution in [1.29, 1.82) is 0 Å². The average Bonchev–Trinajstić information content (AvgIpc) is 2.83. The van der Waals surface area contributed by atoms with Gasteiger partial charge in [0.15, 0.2) is 0 Å². The minimum Gasteiger partial charge on any atom is -0.326 e. The molecule has 1 aliphatic rings. The largest absolute Gasteiger partial charge is 0.326 e. The predicted octanol–water partition coefficient (Wildman–Crippen LogP) is 3.22. The van der Waals surface area contributed by atoms with Gasteiger partial charge in [-0.2, -0.15) is 0 Å². The SMILES string of the molecule is CN(C)C1(C(N)Cc2ccc(F)cc2Cl)CCCC1. The zero-order valence-corrected chi connectivity index (χ0v) is 12.4. The number of hydrogen-bond donors (Lipinski definition) is 1. The fraction of sp³-hybridized carbons (Fsp3) is 0.600. The van der Waals surface area contributed by atoms with E-state index in [9.17, 15) is 4.39 Å². The second-order valence-corrected chi connectivity index (χ2v) is 6.16. The molecular formula is C15H22ClFN2. The van der Waals surface area contributed by atoms with Gasteiger partial charge in [0.2, 0.25) is 0 Å². The zero-order chi connectivity index (χ0) is 14.0. The predicted molar refractivity (Wildman–Crippen MR) is 78.0 cm³/mol. The maximum Gasteiger partial charge on any atom is 0.124 e. The Hall–Kier alpha value is -0.640. The Kier molecular flexibility index (Phi) is 4.49. The summed E-state index contributed by atoms with van der Waals surface area (Å²) in [5, 5.41) is 0.474. The Bertz CT molecular complexity index is 442. The van der Waals surface area contributed by atoms with E-state index in [4.69, 9.17) is 17.3 Å². The molecule has 0 radical (unpaired) electrons. The summed E-state index contributed by atoms with van der Waals surface area (Å²) < 4.78 is 13.1. The van der Waals surface area contributed by atoms with Crippen molar-refractivity contribution in [3.8, 4) is 0 Å². The van der Waals surface area contributed by atoms with E-state index >= 15 is 0 Å². The second-order valence-electron chi connectivity index (χ2n) is 5.75. The molecule has 0 aromatic heterocycles. The zero-order valence-electron chi connectivity index (χ0n) is 11.6. The number of benzene rings is 1. The van der Waals surface area contributed by atoms with Gasteiger partial charge in [-0.25, -0.2) is 4.39 Å². The topological polar surface area (TPSA) is 29.3 Å². The van der Waals surface area contributed by atoms with Crippen molar-refractivity contribution in [3.63, 3.8) is 0 Å². The lowest BCUT2D eigenvalue weighted by molar-refractivity contribution is 0.123. The van der Waals surface area contributed by atoms with Crippen LogP contribution in [0.15, 0.2) is 18.2 Å². The Morgan fingerprint density at radius 3 is 2.53 bits per heavy atom. The van der Waals surface area contributed by atoms with Gasteiger partial charge < -0.3 is 10.6 Å². The summed E-state index contributed by atoms with van der Waals surface area (Å²) in [7, 11) is 4.19. The van der Waals surface area contributed by atoms with Gasteiger partial charge in [0.1, 0.15) is 5.82 Å². The summed E-state index contributed by atoms with van der Waals surface area (Å²) in [6.07, 6.45) is 5.39. The first-order valence-corrected chi connectivity index (χ1v) is 7.20. The highest BCUT2D eigenvalue weighted by Gasteiger charge is 2.41. The quantitative estimate of drug-likeness (QED) is 0.920. The molecule has 1 aliphatic carbocycles. The van der Waals surface area contributed by atoms with Crippen LogP contribution < -0.4 is 5.73 Å². The Morgan fingerprint density at radius 1 is 1.37 bits per heavy atom.